The van der Waals surface area contributed by atoms with Crippen LogP contribution in [0, 0.1) is 0 Å². The minimum atomic E-state index is -0.0506. The number of carbonyl (C=O) groups excluding carboxylic acids is 1. The molecule has 0 saturated heterocycles. The lowest BCUT2D eigenvalue weighted by atomic mass is 10.1. The SMILES string of the molecule is CCC(N)CC(=O)N(C)Cc1nc2ccccc2s1. The van der Waals surface area contributed by atoms with Crippen molar-refractivity contribution in [3.63, 3.8) is 0 Å². The predicted octanol–water partition coefficient (Wildman–Crippen LogP) is 2.38. The molecule has 5 heteroatoms. The third-order valence-electron chi connectivity index (χ3n) is 3.10. The minimum absolute atomic E-state index is 0.0506. The van der Waals surface area contributed by atoms with Crippen LogP contribution in [-0.4, -0.2) is 28.9 Å². The quantitative estimate of drug-likeness (QED) is 0.913. The number of thiazole rings is 1. The molecule has 0 saturated carbocycles. The van der Waals surface area contributed by atoms with Crippen molar-refractivity contribution in [2.24, 2.45) is 5.73 Å². The van der Waals surface area contributed by atoms with Crippen LogP contribution in [0.2, 0.25) is 0 Å². The van der Waals surface area contributed by atoms with Gasteiger partial charge in [-0.3, -0.25) is 4.79 Å². The third kappa shape index (κ3) is 3.52. The Balaban J connectivity index is 2.01. The molecule has 1 aromatic heterocycles. The molecule has 102 valence electrons. The van der Waals surface area contributed by atoms with Gasteiger partial charge in [0.1, 0.15) is 5.01 Å². The first kappa shape index (κ1) is 14.0. The summed E-state index contributed by atoms with van der Waals surface area (Å²) < 4.78 is 1.16. The average molecular weight is 277 g/mol. The number of amides is 1. The molecule has 1 aromatic carbocycles. The molecule has 2 aromatic rings. The molecule has 0 spiro atoms. The van der Waals surface area contributed by atoms with E-state index in [4.69, 9.17) is 5.73 Å². The van der Waals surface area contributed by atoms with Gasteiger partial charge in [0.15, 0.2) is 0 Å². The van der Waals surface area contributed by atoms with E-state index in [0.717, 1.165) is 21.6 Å². The van der Waals surface area contributed by atoms with Gasteiger partial charge in [-0.15, -0.1) is 11.3 Å². The zero-order valence-corrected chi connectivity index (χ0v) is 12.1. The van der Waals surface area contributed by atoms with Gasteiger partial charge in [0, 0.05) is 19.5 Å². The van der Waals surface area contributed by atoms with Gasteiger partial charge in [0.2, 0.25) is 5.91 Å². The predicted molar refractivity (Wildman–Crippen MR) is 79.0 cm³/mol. The second-order valence-corrected chi connectivity index (χ2v) is 5.81. The number of rotatable bonds is 5. The molecule has 2 rings (SSSR count). The number of hydrogen-bond acceptors (Lipinski definition) is 4. The largest absolute Gasteiger partial charge is 0.339 e. The molecule has 1 atom stereocenters. The van der Waals surface area contributed by atoms with Crippen molar-refractivity contribution < 1.29 is 4.79 Å². The zero-order chi connectivity index (χ0) is 13.8. The number of hydrogen-bond donors (Lipinski definition) is 1. The number of aromatic nitrogens is 1. The fourth-order valence-electron chi connectivity index (χ4n) is 1.80. The number of para-hydroxylation sites is 1. The van der Waals surface area contributed by atoms with Gasteiger partial charge in [0.25, 0.3) is 0 Å². The van der Waals surface area contributed by atoms with Crippen molar-refractivity contribution in [2.45, 2.75) is 32.4 Å². The first-order chi connectivity index (χ1) is 9.10. The maximum atomic E-state index is 12.0. The van der Waals surface area contributed by atoms with Crippen LogP contribution < -0.4 is 5.73 Å². The van der Waals surface area contributed by atoms with Gasteiger partial charge in [-0.2, -0.15) is 0 Å². The standard InChI is InChI=1S/C14H19N3OS/c1-3-10(15)8-14(18)17(2)9-13-16-11-6-4-5-7-12(11)19-13/h4-7,10H,3,8-9,15H2,1-2H3. The van der Waals surface area contributed by atoms with E-state index in [-0.39, 0.29) is 11.9 Å². The Morgan fingerprint density at radius 1 is 1.47 bits per heavy atom. The van der Waals surface area contributed by atoms with Crippen molar-refractivity contribution >= 4 is 27.5 Å². The van der Waals surface area contributed by atoms with Crippen LogP contribution in [0.4, 0.5) is 0 Å². The summed E-state index contributed by atoms with van der Waals surface area (Å²) in [6.07, 6.45) is 1.22. The Hall–Kier alpha value is -1.46. The molecule has 1 amide bonds. The van der Waals surface area contributed by atoms with Gasteiger partial charge in [0.05, 0.1) is 16.8 Å². The molecule has 0 aliphatic rings. The molecule has 0 bridgehead atoms. The molecule has 0 fully saturated rings. The summed E-state index contributed by atoms with van der Waals surface area (Å²) in [5.74, 6) is 0.0774. The molecule has 1 heterocycles. The highest BCUT2D eigenvalue weighted by atomic mass is 32.1. The van der Waals surface area contributed by atoms with Crippen LogP contribution in [-0.2, 0) is 11.3 Å². The van der Waals surface area contributed by atoms with E-state index in [1.54, 1.807) is 23.3 Å². The maximum absolute atomic E-state index is 12.0. The molecular weight excluding hydrogens is 258 g/mol. The molecule has 4 nitrogen and oxygen atoms in total. The second-order valence-electron chi connectivity index (χ2n) is 4.70. The molecule has 19 heavy (non-hydrogen) atoms. The lowest BCUT2D eigenvalue weighted by Gasteiger charge is -2.17. The van der Waals surface area contributed by atoms with Gasteiger partial charge >= 0.3 is 0 Å². The molecule has 1 unspecified atom stereocenters. The van der Waals surface area contributed by atoms with Crippen molar-refractivity contribution in [2.75, 3.05) is 7.05 Å². The van der Waals surface area contributed by atoms with Crippen LogP contribution >= 0.6 is 11.3 Å². The zero-order valence-electron chi connectivity index (χ0n) is 11.3. The lowest BCUT2D eigenvalue weighted by molar-refractivity contribution is -0.130. The van der Waals surface area contributed by atoms with Gasteiger partial charge < -0.3 is 10.6 Å². The van der Waals surface area contributed by atoms with Gasteiger partial charge in [-0.1, -0.05) is 19.1 Å². The summed E-state index contributed by atoms with van der Waals surface area (Å²) in [6.45, 7) is 2.54. The highest BCUT2D eigenvalue weighted by Crippen LogP contribution is 2.22. The number of fused-ring (bicyclic) bond motifs is 1. The Morgan fingerprint density at radius 2 is 2.21 bits per heavy atom. The van der Waals surface area contributed by atoms with Crippen molar-refractivity contribution in [3.8, 4) is 0 Å². The van der Waals surface area contributed by atoms with E-state index in [2.05, 4.69) is 4.98 Å². The Labute approximate surface area is 117 Å². The number of carbonyl (C=O) groups is 1. The van der Waals surface area contributed by atoms with Crippen molar-refractivity contribution in [1.82, 2.24) is 9.88 Å². The summed E-state index contributed by atoms with van der Waals surface area (Å²) in [6, 6.07) is 7.96. The minimum Gasteiger partial charge on any atom is -0.339 e. The summed E-state index contributed by atoms with van der Waals surface area (Å²) in [7, 11) is 1.80. The number of benzene rings is 1. The Bertz CT molecular complexity index is 534. The van der Waals surface area contributed by atoms with Crippen LogP contribution in [0.1, 0.15) is 24.8 Å². The normalized spacial score (nSPS) is 12.6. The third-order valence-corrected chi connectivity index (χ3v) is 4.12. The Morgan fingerprint density at radius 3 is 2.89 bits per heavy atom. The maximum Gasteiger partial charge on any atom is 0.224 e. The van der Waals surface area contributed by atoms with E-state index < -0.39 is 0 Å². The molecule has 2 N–H and O–H groups in total. The van der Waals surface area contributed by atoms with Crippen LogP contribution in [0.3, 0.4) is 0 Å². The molecule has 0 aliphatic carbocycles. The molecular formula is C14H19N3OS. The van der Waals surface area contributed by atoms with Crippen molar-refractivity contribution in [1.29, 1.82) is 0 Å². The number of nitrogens with two attached hydrogens (primary N) is 1. The smallest absolute Gasteiger partial charge is 0.224 e. The van der Waals surface area contributed by atoms with Crippen LogP contribution in [0.5, 0.6) is 0 Å². The first-order valence-electron chi connectivity index (χ1n) is 6.44. The molecule has 0 aliphatic heterocycles. The van der Waals surface area contributed by atoms with Gasteiger partial charge in [-0.05, 0) is 18.6 Å². The van der Waals surface area contributed by atoms with E-state index in [0.29, 0.717) is 13.0 Å². The summed E-state index contributed by atoms with van der Waals surface area (Å²) in [5, 5.41) is 0.960. The summed E-state index contributed by atoms with van der Waals surface area (Å²) in [4.78, 5) is 18.2. The number of nitrogens with zero attached hydrogens (tertiary/aromatic N) is 2. The average Bonchev–Trinajstić information content (AvgIpc) is 2.80. The summed E-state index contributed by atoms with van der Waals surface area (Å²) in [5.41, 5.74) is 6.80. The van der Waals surface area contributed by atoms with E-state index >= 15 is 0 Å². The highest BCUT2D eigenvalue weighted by Gasteiger charge is 2.14. The second kappa shape index (κ2) is 6.12. The fourth-order valence-corrected chi connectivity index (χ4v) is 2.82. The van der Waals surface area contributed by atoms with Crippen LogP contribution in [0.25, 0.3) is 10.2 Å². The van der Waals surface area contributed by atoms with Crippen LogP contribution in [0.15, 0.2) is 24.3 Å². The highest BCUT2D eigenvalue weighted by molar-refractivity contribution is 7.18. The Kier molecular flexibility index (Phi) is 4.50. The van der Waals surface area contributed by atoms with Gasteiger partial charge in [-0.25, -0.2) is 4.98 Å². The van der Waals surface area contributed by atoms with Crippen molar-refractivity contribution in [3.05, 3.63) is 29.3 Å². The van der Waals surface area contributed by atoms with E-state index in [1.807, 2.05) is 31.2 Å². The molecule has 0 radical (unpaired) electrons. The fraction of sp³-hybridized carbons (Fsp3) is 0.429. The van der Waals surface area contributed by atoms with E-state index in [9.17, 15) is 4.79 Å². The summed E-state index contributed by atoms with van der Waals surface area (Å²) >= 11 is 1.63. The van der Waals surface area contributed by atoms with E-state index in [1.165, 1.54) is 0 Å². The monoisotopic (exact) mass is 277 g/mol. The topological polar surface area (TPSA) is 59.2 Å². The first-order valence-corrected chi connectivity index (χ1v) is 7.25. The lowest BCUT2D eigenvalue weighted by Crippen LogP contribution is -2.32.